The molecule has 0 fully saturated rings. The van der Waals surface area contributed by atoms with Crippen LogP contribution in [0.15, 0.2) is 47.1 Å². The topological polar surface area (TPSA) is 71.4 Å². The number of furan rings is 1. The summed E-state index contributed by atoms with van der Waals surface area (Å²) < 4.78 is 10.9. The highest BCUT2D eigenvalue weighted by Crippen LogP contribution is 2.42. The average Bonchev–Trinajstić information content (AvgIpc) is 3.35. The number of amides is 1. The largest absolute Gasteiger partial charge is 0.497 e. The number of carbonyl (C=O) groups excluding carboxylic acids is 1. The summed E-state index contributed by atoms with van der Waals surface area (Å²) in [5, 5.41) is 7.34. The monoisotopic (exact) mass is 337 g/mol. The van der Waals surface area contributed by atoms with Crippen LogP contribution in [0.1, 0.15) is 41.2 Å². The first-order valence-corrected chi connectivity index (χ1v) is 8.31. The van der Waals surface area contributed by atoms with Gasteiger partial charge in [-0.2, -0.15) is 5.10 Å². The summed E-state index contributed by atoms with van der Waals surface area (Å²) in [7, 11) is 1.63. The van der Waals surface area contributed by atoms with Crippen molar-refractivity contribution in [3.05, 3.63) is 59.7 Å². The number of hydrogen-bond donors (Lipinski definition) is 1. The van der Waals surface area contributed by atoms with Crippen molar-refractivity contribution in [2.45, 2.75) is 19.4 Å². The van der Waals surface area contributed by atoms with E-state index in [1.54, 1.807) is 13.4 Å². The van der Waals surface area contributed by atoms with E-state index in [4.69, 9.17) is 9.15 Å². The first-order chi connectivity index (χ1) is 12.2. The molecule has 6 nitrogen and oxygen atoms in total. The van der Waals surface area contributed by atoms with Gasteiger partial charge in [-0.25, -0.2) is 0 Å². The number of aromatic amines is 1. The molecule has 3 heterocycles. The molecule has 25 heavy (non-hydrogen) atoms. The molecule has 0 aliphatic carbocycles. The maximum Gasteiger partial charge on any atom is 0.273 e. The molecule has 0 saturated heterocycles. The lowest BCUT2D eigenvalue weighted by Gasteiger charge is -2.23. The Hall–Kier alpha value is -3.02. The fourth-order valence-corrected chi connectivity index (χ4v) is 3.38. The highest BCUT2D eigenvalue weighted by Gasteiger charge is 2.43. The smallest absolute Gasteiger partial charge is 0.273 e. The first-order valence-electron chi connectivity index (χ1n) is 8.31. The van der Waals surface area contributed by atoms with Crippen LogP contribution in [0.5, 0.6) is 5.75 Å². The van der Waals surface area contributed by atoms with Crippen molar-refractivity contribution in [2.24, 2.45) is 0 Å². The van der Waals surface area contributed by atoms with Crippen LogP contribution in [0.3, 0.4) is 0 Å². The van der Waals surface area contributed by atoms with Crippen molar-refractivity contribution in [2.75, 3.05) is 13.7 Å². The number of nitrogens with zero attached hydrogens (tertiary/aromatic N) is 2. The molecule has 1 amide bonds. The van der Waals surface area contributed by atoms with E-state index in [-0.39, 0.29) is 11.9 Å². The molecular formula is C19H19N3O3. The van der Waals surface area contributed by atoms with Crippen molar-refractivity contribution in [1.82, 2.24) is 15.1 Å². The van der Waals surface area contributed by atoms with Gasteiger partial charge in [0.2, 0.25) is 0 Å². The molecule has 0 radical (unpaired) electrons. The Balaban J connectivity index is 1.84. The van der Waals surface area contributed by atoms with Crippen molar-refractivity contribution in [3.63, 3.8) is 0 Å². The summed E-state index contributed by atoms with van der Waals surface area (Å²) in [6.07, 6.45) is 2.51. The molecule has 0 unspecified atom stereocenters. The lowest BCUT2D eigenvalue weighted by Crippen LogP contribution is -2.30. The summed E-state index contributed by atoms with van der Waals surface area (Å²) in [6.45, 7) is 2.72. The minimum absolute atomic E-state index is 0.0366. The SMILES string of the molecule is CCCN1C(=O)c2[nH]nc(-c3ccc(OC)cc3)c2[C@@H]1c1ccco1. The Morgan fingerprint density at radius 1 is 1.28 bits per heavy atom. The molecule has 1 atom stereocenters. The second-order valence-electron chi connectivity index (χ2n) is 6.01. The highest BCUT2D eigenvalue weighted by atomic mass is 16.5. The number of aromatic nitrogens is 2. The molecule has 1 aliphatic heterocycles. The second kappa shape index (κ2) is 6.12. The zero-order chi connectivity index (χ0) is 17.4. The number of benzene rings is 1. The second-order valence-corrected chi connectivity index (χ2v) is 6.01. The maximum atomic E-state index is 12.8. The van der Waals surface area contributed by atoms with Gasteiger partial charge >= 0.3 is 0 Å². The van der Waals surface area contributed by atoms with Gasteiger partial charge < -0.3 is 14.1 Å². The molecule has 128 valence electrons. The van der Waals surface area contributed by atoms with E-state index < -0.39 is 0 Å². The van der Waals surface area contributed by atoms with Crippen molar-refractivity contribution in [3.8, 4) is 17.0 Å². The molecule has 0 spiro atoms. The van der Waals surface area contributed by atoms with Crippen LogP contribution >= 0.6 is 0 Å². The fraction of sp³-hybridized carbons (Fsp3) is 0.263. The van der Waals surface area contributed by atoms with Gasteiger partial charge in [0.15, 0.2) is 0 Å². The molecular weight excluding hydrogens is 318 g/mol. The predicted octanol–water partition coefficient (Wildman–Crippen LogP) is 3.63. The molecule has 3 aromatic rings. The lowest BCUT2D eigenvalue weighted by atomic mass is 10.00. The third kappa shape index (κ3) is 2.41. The number of rotatable bonds is 5. The predicted molar refractivity (Wildman–Crippen MR) is 92.5 cm³/mol. The Morgan fingerprint density at radius 2 is 2.08 bits per heavy atom. The van der Waals surface area contributed by atoms with Crippen LogP contribution in [0, 0.1) is 0 Å². The van der Waals surface area contributed by atoms with E-state index in [9.17, 15) is 4.79 Å². The van der Waals surface area contributed by atoms with E-state index >= 15 is 0 Å². The third-order valence-corrected chi connectivity index (χ3v) is 4.50. The molecule has 4 rings (SSSR count). The van der Waals surface area contributed by atoms with E-state index in [0.717, 1.165) is 34.8 Å². The molecule has 1 N–H and O–H groups in total. The van der Waals surface area contributed by atoms with E-state index in [1.165, 1.54) is 0 Å². The third-order valence-electron chi connectivity index (χ3n) is 4.50. The van der Waals surface area contributed by atoms with Crippen LogP contribution in [-0.2, 0) is 0 Å². The summed E-state index contributed by atoms with van der Waals surface area (Å²) in [5.41, 5.74) is 3.12. The quantitative estimate of drug-likeness (QED) is 0.772. The number of H-pyrrole nitrogens is 1. The Bertz CT molecular complexity index is 881. The Kier molecular flexibility index (Phi) is 3.80. The molecule has 1 aromatic carbocycles. The molecule has 6 heteroatoms. The average molecular weight is 337 g/mol. The summed E-state index contributed by atoms with van der Waals surface area (Å²) in [6, 6.07) is 11.2. The van der Waals surface area contributed by atoms with Gasteiger partial charge in [0.05, 0.1) is 19.1 Å². The number of carbonyl (C=O) groups is 1. The first kappa shape index (κ1) is 15.5. The number of nitrogens with one attached hydrogen (secondary N) is 1. The molecule has 2 aromatic heterocycles. The van der Waals surface area contributed by atoms with Crippen LogP contribution in [0.4, 0.5) is 0 Å². The summed E-state index contributed by atoms with van der Waals surface area (Å²) in [4.78, 5) is 14.7. The van der Waals surface area contributed by atoms with E-state index in [1.807, 2.05) is 41.3 Å². The van der Waals surface area contributed by atoms with E-state index in [0.29, 0.717) is 12.2 Å². The van der Waals surface area contributed by atoms with Gasteiger partial charge in [-0.1, -0.05) is 6.92 Å². The van der Waals surface area contributed by atoms with Crippen molar-refractivity contribution >= 4 is 5.91 Å². The zero-order valence-corrected chi connectivity index (χ0v) is 14.2. The van der Waals surface area contributed by atoms with Crippen LogP contribution in [0.25, 0.3) is 11.3 Å². The van der Waals surface area contributed by atoms with Crippen LogP contribution < -0.4 is 4.74 Å². The highest BCUT2D eigenvalue weighted by molar-refractivity contribution is 6.00. The normalized spacial score (nSPS) is 16.3. The van der Waals surface area contributed by atoms with E-state index in [2.05, 4.69) is 17.1 Å². The summed E-state index contributed by atoms with van der Waals surface area (Å²) >= 11 is 0. The molecule has 0 saturated carbocycles. The van der Waals surface area contributed by atoms with Gasteiger partial charge in [-0.3, -0.25) is 9.89 Å². The minimum Gasteiger partial charge on any atom is -0.497 e. The van der Waals surface area contributed by atoms with Gasteiger partial charge in [-0.15, -0.1) is 0 Å². The molecule has 0 bridgehead atoms. The standard InChI is InChI=1S/C19H19N3O3/c1-3-10-22-18(14-5-4-11-25-14)15-16(20-21-17(15)19(22)23)12-6-8-13(24-2)9-7-12/h4-9,11,18H,3,10H2,1-2H3,(H,20,21)/t18-/m0/s1. The number of hydrogen-bond acceptors (Lipinski definition) is 4. The summed E-state index contributed by atoms with van der Waals surface area (Å²) in [5.74, 6) is 1.49. The van der Waals surface area contributed by atoms with Gasteiger partial charge in [0.25, 0.3) is 5.91 Å². The number of fused-ring (bicyclic) bond motifs is 1. The zero-order valence-electron chi connectivity index (χ0n) is 14.2. The Morgan fingerprint density at radius 3 is 2.72 bits per heavy atom. The van der Waals surface area contributed by atoms with Gasteiger partial charge in [0.1, 0.15) is 23.2 Å². The van der Waals surface area contributed by atoms with Crippen LogP contribution in [0.2, 0.25) is 0 Å². The lowest BCUT2D eigenvalue weighted by molar-refractivity contribution is 0.0730. The number of ether oxygens (including phenoxy) is 1. The van der Waals surface area contributed by atoms with Crippen molar-refractivity contribution in [1.29, 1.82) is 0 Å². The van der Waals surface area contributed by atoms with Gasteiger partial charge in [0, 0.05) is 17.7 Å². The van der Waals surface area contributed by atoms with Crippen molar-refractivity contribution < 1.29 is 13.9 Å². The number of methoxy groups -OCH3 is 1. The van der Waals surface area contributed by atoms with Crippen LogP contribution in [-0.4, -0.2) is 34.7 Å². The fourth-order valence-electron chi connectivity index (χ4n) is 3.38. The van der Waals surface area contributed by atoms with Gasteiger partial charge in [-0.05, 0) is 42.8 Å². The Labute approximate surface area is 145 Å². The minimum atomic E-state index is -0.256. The maximum absolute atomic E-state index is 12.8. The molecule has 1 aliphatic rings.